The van der Waals surface area contributed by atoms with E-state index in [2.05, 4.69) is 79.1 Å². The zero-order valence-corrected chi connectivity index (χ0v) is 34.3. The molecule has 2 amide bonds. The zero-order valence-electron chi connectivity index (χ0n) is 34.3. The minimum atomic E-state index is -0.381. The first-order valence-electron chi connectivity index (χ1n) is 19.9. The van der Waals surface area contributed by atoms with Crippen LogP contribution in [0.2, 0.25) is 0 Å². The number of methoxy groups -OCH3 is 2. The number of hydrogen-bond donors (Lipinski definition) is 4. The molecule has 4 heterocycles. The molecule has 2 unspecified atom stereocenters. The predicted molar refractivity (Wildman–Crippen MR) is 234 cm³/mol. The van der Waals surface area contributed by atoms with Crippen LogP contribution >= 0.6 is 0 Å². The molecular formula is C48H46N8O4. The average molecular weight is 799 g/mol. The lowest BCUT2D eigenvalue weighted by molar-refractivity contribution is 0.0911. The van der Waals surface area contributed by atoms with E-state index in [-0.39, 0.29) is 35.7 Å². The van der Waals surface area contributed by atoms with Gasteiger partial charge in [0.15, 0.2) is 0 Å². The lowest BCUT2D eigenvalue weighted by Gasteiger charge is -2.21. The molecule has 0 aliphatic rings. The summed E-state index contributed by atoms with van der Waals surface area (Å²) in [5, 5.41) is 9.56. The fourth-order valence-corrected chi connectivity index (χ4v) is 7.39. The minimum absolute atomic E-state index is 0.0457. The van der Waals surface area contributed by atoms with Crippen molar-refractivity contribution in [2.75, 3.05) is 14.2 Å². The minimum Gasteiger partial charge on any atom is -0.481 e. The van der Waals surface area contributed by atoms with Crippen LogP contribution in [0.4, 0.5) is 0 Å². The van der Waals surface area contributed by atoms with Crippen LogP contribution in [0.5, 0.6) is 11.8 Å². The first kappa shape index (κ1) is 39.5. The van der Waals surface area contributed by atoms with Gasteiger partial charge in [0.1, 0.15) is 23.0 Å². The number of nitrogens with zero attached hydrogens (tertiary/aromatic N) is 4. The van der Waals surface area contributed by atoms with Crippen LogP contribution in [0, 0.1) is 11.8 Å². The summed E-state index contributed by atoms with van der Waals surface area (Å²) in [6.45, 7) is 8.17. The van der Waals surface area contributed by atoms with E-state index in [1.165, 1.54) is 0 Å². The molecule has 0 bridgehead atoms. The molecule has 8 rings (SSSR count). The number of ether oxygens (including phenoxy) is 2. The Morgan fingerprint density at radius 3 is 1.27 bits per heavy atom. The number of amides is 2. The van der Waals surface area contributed by atoms with Crippen molar-refractivity contribution >= 4 is 33.4 Å². The van der Waals surface area contributed by atoms with E-state index in [1.54, 1.807) is 26.6 Å². The Labute approximate surface area is 347 Å². The van der Waals surface area contributed by atoms with Gasteiger partial charge in [-0.1, -0.05) is 125 Å². The van der Waals surface area contributed by atoms with Crippen LogP contribution in [-0.2, 0) is 0 Å². The number of imidazole rings is 2. The second kappa shape index (κ2) is 16.9. The zero-order chi connectivity index (χ0) is 41.9. The molecule has 2 atom stereocenters. The number of carbonyl (C=O) groups is 2. The Kier molecular flexibility index (Phi) is 11.1. The molecule has 0 aliphatic heterocycles. The van der Waals surface area contributed by atoms with Gasteiger partial charge in [-0.25, -0.2) is 19.9 Å². The van der Waals surface area contributed by atoms with E-state index < -0.39 is 0 Å². The highest BCUT2D eigenvalue weighted by Crippen LogP contribution is 2.31. The lowest BCUT2D eigenvalue weighted by atomic mass is 10.0. The summed E-state index contributed by atoms with van der Waals surface area (Å²) in [6.07, 6.45) is 3.59. The lowest BCUT2D eigenvalue weighted by Crippen LogP contribution is -2.33. The smallest absolute Gasteiger partial charge is 0.271 e. The number of nitrogens with one attached hydrogen (secondary N) is 4. The van der Waals surface area contributed by atoms with Crippen molar-refractivity contribution in [2.45, 2.75) is 39.8 Å². The monoisotopic (exact) mass is 798 g/mol. The van der Waals surface area contributed by atoms with Gasteiger partial charge >= 0.3 is 0 Å². The van der Waals surface area contributed by atoms with Crippen molar-refractivity contribution in [3.05, 3.63) is 145 Å². The second-order valence-corrected chi connectivity index (χ2v) is 15.4. The predicted octanol–water partition coefficient (Wildman–Crippen LogP) is 9.50. The summed E-state index contributed by atoms with van der Waals surface area (Å²) >= 11 is 0. The number of fused-ring (bicyclic) bond motifs is 2. The number of aromatic amines is 2. The molecule has 4 aromatic heterocycles. The maximum absolute atomic E-state index is 13.7. The normalized spacial score (nSPS) is 12.5. The molecule has 0 saturated carbocycles. The number of rotatable bonds is 13. The maximum Gasteiger partial charge on any atom is 0.271 e. The van der Waals surface area contributed by atoms with Crippen molar-refractivity contribution in [1.29, 1.82) is 0 Å². The molecule has 8 aromatic rings. The van der Waals surface area contributed by atoms with Crippen molar-refractivity contribution in [2.24, 2.45) is 11.8 Å². The molecule has 0 saturated heterocycles. The molecule has 4 N–H and O–H groups in total. The highest BCUT2D eigenvalue weighted by molar-refractivity contribution is 6.06. The largest absolute Gasteiger partial charge is 0.481 e. The molecule has 4 aromatic carbocycles. The molecule has 0 spiro atoms. The molecule has 302 valence electrons. The molecule has 12 heteroatoms. The number of aromatic nitrogens is 6. The summed E-state index contributed by atoms with van der Waals surface area (Å²) in [6, 6.07) is 34.7. The van der Waals surface area contributed by atoms with Gasteiger partial charge in [0.25, 0.3) is 11.8 Å². The molecular weight excluding hydrogens is 753 g/mol. The number of hydrogen-bond acceptors (Lipinski definition) is 8. The van der Waals surface area contributed by atoms with Crippen LogP contribution in [0.3, 0.4) is 0 Å². The van der Waals surface area contributed by atoms with E-state index in [9.17, 15) is 9.59 Å². The van der Waals surface area contributed by atoms with Gasteiger partial charge < -0.3 is 30.1 Å². The van der Waals surface area contributed by atoms with E-state index >= 15 is 0 Å². The van der Waals surface area contributed by atoms with Crippen molar-refractivity contribution in [1.82, 2.24) is 40.5 Å². The maximum atomic E-state index is 13.7. The Morgan fingerprint density at radius 2 is 0.900 bits per heavy atom. The average Bonchev–Trinajstić information content (AvgIpc) is 3.97. The summed E-state index contributed by atoms with van der Waals surface area (Å²) in [5.74, 6) is 1.57. The molecule has 60 heavy (non-hydrogen) atoms. The quantitative estimate of drug-likeness (QED) is 0.0898. The van der Waals surface area contributed by atoms with Gasteiger partial charge in [0.2, 0.25) is 11.8 Å². The SMILES string of the molecule is COc1cc2ccccc2c(C(=O)NC(c2ncc(-c3ccc(-c4ccc(-c5cnc(C(NC(=O)c6nc(OC)cc7ccccc67)C(C)C)[nH]5)cc4)cc3)[nH]2)C(C)C)n1. The number of carbonyl (C=O) groups excluding carboxylic acids is 2. The van der Waals surface area contributed by atoms with Crippen LogP contribution in [0.25, 0.3) is 55.2 Å². The van der Waals surface area contributed by atoms with Crippen LogP contribution in [-0.4, -0.2) is 55.9 Å². The second-order valence-electron chi connectivity index (χ2n) is 15.4. The van der Waals surface area contributed by atoms with Crippen LogP contribution in [0.1, 0.15) is 72.4 Å². The number of benzene rings is 4. The third-order valence-electron chi connectivity index (χ3n) is 10.7. The summed E-state index contributed by atoms with van der Waals surface area (Å²) in [5.41, 5.74) is 6.35. The van der Waals surface area contributed by atoms with Gasteiger partial charge in [-0.2, -0.15) is 0 Å². The van der Waals surface area contributed by atoms with Crippen molar-refractivity contribution < 1.29 is 19.1 Å². The van der Waals surface area contributed by atoms with E-state index in [4.69, 9.17) is 19.4 Å². The number of H-pyrrole nitrogens is 2. The van der Waals surface area contributed by atoms with Gasteiger partial charge in [0.05, 0.1) is 50.1 Å². The number of pyridine rings is 2. The molecule has 12 nitrogen and oxygen atoms in total. The van der Waals surface area contributed by atoms with Gasteiger partial charge in [0, 0.05) is 22.9 Å². The summed E-state index contributed by atoms with van der Waals surface area (Å²) < 4.78 is 10.8. The Balaban J connectivity index is 0.948. The van der Waals surface area contributed by atoms with Gasteiger partial charge in [-0.15, -0.1) is 0 Å². The first-order valence-corrected chi connectivity index (χ1v) is 19.9. The van der Waals surface area contributed by atoms with Crippen LogP contribution in [0.15, 0.2) is 122 Å². The molecule has 0 aliphatic carbocycles. The Bertz CT molecular complexity index is 2620. The summed E-state index contributed by atoms with van der Waals surface area (Å²) in [4.78, 5) is 52.6. The Morgan fingerprint density at radius 1 is 0.533 bits per heavy atom. The summed E-state index contributed by atoms with van der Waals surface area (Å²) in [7, 11) is 3.08. The topological polar surface area (TPSA) is 160 Å². The third-order valence-corrected chi connectivity index (χ3v) is 10.7. The van der Waals surface area contributed by atoms with E-state index in [0.717, 1.165) is 55.2 Å². The highest BCUT2D eigenvalue weighted by atomic mass is 16.5. The van der Waals surface area contributed by atoms with Crippen LogP contribution < -0.4 is 20.1 Å². The molecule has 0 radical (unpaired) electrons. The first-order chi connectivity index (χ1) is 29.1. The van der Waals surface area contributed by atoms with Crippen molar-refractivity contribution in [3.8, 4) is 45.4 Å². The van der Waals surface area contributed by atoms with Gasteiger partial charge in [-0.05, 0) is 44.9 Å². The highest BCUT2D eigenvalue weighted by Gasteiger charge is 2.26. The van der Waals surface area contributed by atoms with E-state index in [0.29, 0.717) is 34.8 Å². The van der Waals surface area contributed by atoms with Gasteiger partial charge in [-0.3, -0.25) is 9.59 Å². The molecule has 0 fully saturated rings. The van der Waals surface area contributed by atoms with E-state index in [1.807, 2.05) is 88.4 Å². The standard InChI is InChI=1S/C48H46N8O4/c1-27(2)41(55-47(57)43-35-13-9-7-11-33(35)23-39(53-43)59-5)45-49-25-37(51-45)31-19-15-29(16-20-31)30-17-21-32(22-18-30)38-26-50-46(52-38)42(28(3)4)56-48(58)44-36-14-10-8-12-34(36)24-40(54-44)60-6/h7-28,41-42H,1-6H3,(H,49,51)(H,50,52)(H,55,57)(H,56,58). The Hall–Kier alpha value is -7.34. The fourth-order valence-electron chi connectivity index (χ4n) is 7.39. The fraction of sp³-hybridized carbons (Fsp3) is 0.208. The third kappa shape index (κ3) is 8.04. The van der Waals surface area contributed by atoms with Crippen molar-refractivity contribution in [3.63, 3.8) is 0 Å².